The number of hydrogen-bond donors (Lipinski definition) is 1. The fraction of sp³-hybridized carbons (Fsp3) is 0.300. The molecule has 3 rings (SSSR count). The van der Waals surface area contributed by atoms with Crippen LogP contribution in [0.5, 0.6) is 23.0 Å². The summed E-state index contributed by atoms with van der Waals surface area (Å²) in [5.74, 6) is 0.740. The minimum Gasteiger partial charge on any atom is -0.497 e. The van der Waals surface area contributed by atoms with E-state index in [4.69, 9.17) is 23.7 Å². The lowest BCUT2D eigenvalue weighted by Gasteiger charge is -2.21. The van der Waals surface area contributed by atoms with E-state index in [1.165, 1.54) is 26.2 Å². The van der Waals surface area contributed by atoms with Crippen LogP contribution in [0.1, 0.15) is 17.3 Å². The van der Waals surface area contributed by atoms with Crippen molar-refractivity contribution in [2.75, 3.05) is 32.8 Å². The van der Waals surface area contributed by atoms with E-state index in [-0.39, 0.29) is 5.56 Å². The van der Waals surface area contributed by atoms with Gasteiger partial charge in [0, 0.05) is 5.69 Å². The summed E-state index contributed by atoms with van der Waals surface area (Å²) in [5, 5.41) is 2.68. The molecule has 0 unspecified atom stereocenters. The summed E-state index contributed by atoms with van der Waals surface area (Å²) in [6.45, 7) is 2.26. The van der Waals surface area contributed by atoms with Crippen molar-refractivity contribution in [3.8, 4) is 23.0 Å². The number of carbonyl (C=O) groups excluding carboxylic acids is 2. The first-order chi connectivity index (χ1) is 13.5. The molecular formula is C20H21NO7. The van der Waals surface area contributed by atoms with Crippen molar-refractivity contribution in [3.05, 3.63) is 42.0 Å². The monoisotopic (exact) mass is 387 g/mol. The van der Waals surface area contributed by atoms with Gasteiger partial charge in [0.25, 0.3) is 5.91 Å². The first-order valence-electron chi connectivity index (χ1n) is 8.65. The fourth-order valence-electron chi connectivity index (χ4n) is 2.59. The molecule has 0 aromatic heterocycles. The van der Waals surface area contributed by atoms with Gasteiger partial charge in [-0.3, -0.25) is 4.79 Å². The molecule has 1 aliphatic heterocycles. The van der Waals surface area contributed by atoms with E-state index >= 15 is 0 Å². The Morgan fingerprint density at radius 1 is 1.04 bits per heavy atom. The SMILES string of the molecule is COc1ccc(NC(=O)[C@H](C)OC(=O)c2cc(OC)c3c(c2)OCCO3)cc1. The topological polar surface area (TPSA) is 92.3 Å². The maximum Gasteiger partial charge on any atom is 0.339 e. The van der Waals surface area contributed by atoms with Gasteiger partial charge in [-0.2, -0.15) is 0 Å². The molecule has 2 aromatic carbocycles. The third kappa shape index (κ3) is 4.28. The van der Waals surface area contributed by atoms with Gasteiger partial charge in [-0.25, -0.2) is 4.79 Å². The molecule has 1 aliphatic rings. The summed E-state index contributed by atoms with van der Waals surface area (Å²) in [7, 11) is 3.02. The number of carbonyl (C=O) groups is 2. The highest BCUT2D eigenvalue weighted by Crippen LogP contribution is 2.40. The molecule has 0 spiro atoms. The lowest BCUT2D eigenvalue weighted by atomic mass is 10.1. The lowest BCUT2D eigenvalue weighted by Crippen LogP contribution is -2.30. The van der Waals surface area contributed by atoms with Crippen LogP contribution in [0.2, 0.25) is 0 Å². The zero-order chi connectivity index (χ0) is 20.1. The molecule has 8 nitrogen and oxygen atoms in total. The van der Waals surface area contributed by atoms with E-state index in [9.17, 15) is 9.59 Å². The van der Waals surface area contributed by atoms with E-state index in [1.54, 1.807) is 31.4 Å². The number of ether oxygens (including phenoxy) is 5. The second-order valence-corrected chi connectivity index (χ2v) is 5.97. The smallest absolute Gasteiger partial charge is 0.339 e. The number of esters is 1. The molecule has 0 fully saturated rings. The van der Waals surface area contributed by atoms with Gasteiger partial charge in [0.1, 0.15) is 19.0 Å². The number of fused-ring (bicyclic) bond motifs is 1. The summed E-state index contributed by atoms with van der Waals surface area (Å²) < 4.78 is 26.6. The maximum absolute atomic E-state index is 12.5. The fourth-order valence-corrected chi connectivity index (χ4v) is 2.59. The predicted molar refractivity (Wildman–Crippen MR) is 100 cm³/mol. The number of rotatable bonds is 6. The molecule has 1 N–H and O–H groups in total. The molecule has 1 amide bonds. The van der Waals surface area contributed by atoms with Crippen molar-refractivity contribution in [1.29, 1.82) is 0 Å². The first kappa shape index (κ1) is 19.3. The standard InChI is InChI=1S/C20H21NO7/c1-12(19(22)21-14-4-6-15(24-2)7-5-14)28-20(23)13-10-16(25-3)18-17(11-13)26-8-9-27-18/h4-7,10-12H,8-9H2,1-3H3,(H,21,22)/t12-/m0/s1. The molecule has 0 bridgehead atoms. The molecule has 0 saturated heterocycles. The minimum absolute atomic E-state index is 0.199. The van der Waals surface area contributed by atoms with Crippen LogP contribution < -0.4 is 24.3 Å². The van der Waals surface area contributed by atoms with Gasteiger partial charge in [0.2, 0.25) is 5.75 Å². The third-order valence-electron chi connectivity index (χ3n) is 4.07. The maximum atomic E-state index is 12.5. The average molecular weight is 387 g/mol. The number of benzene rings is 2. The number of methoxy groups -OCH3 is 2. The summed E-state index contributed by atoms with van der Waals surface area (Å²) in [4.78, 5) is 24.8. The summed E-state index contributed by atoms with van der Waals surface area (Å²) >= 11 is 0. The molecule has 1 heterocycles. The van der Waals surface area contributed by atoms with Crippen LogP contribution in [0.4, 0.5) is 5.69 Å². The largest absolute Gasteiger partial charge is 0.497 e. The molecule has 0 radical (unpaired) electrons. The predicted octanol–water partition coefficient (Wildman–Crippen LogP) is 2.66. The van der Waals surface area contributed by atoms with Crippen LogP contribution in [0.3, 0.4) is 0 Å². The molecule has 0 aliphatic carbocycles. The van der Waals surface area contributed by atoms with Gasteiger partial charge < -0.3 is 29.0 Å². The Morgan fingerprint density at radius 2 is 1.75 bits per heavy atom. The minimum atomic E-state index is -1.01. The molecule has 1 atom stereocenters. The Hall–Kier alpha value is -3.42. The lowest BCUT2D eigenvalue weighted by molar-refractivity contribution is -0.123. The van der Waals surface area contributed by atoms with Crippen LogP contribution in [-0.2, 0) is 9.53 Å². The third-order valence-corrected chi connectivity index (χ3v) is 4.07. The Morgan fingerprint density at radius 3 is 2.43 bits per heavy atom. The van der Waals surface area contributed by atoms with Crippen molar-refractivity contribution in [1.82, 2.24) is 0 Å². The van der Waals surface area contributed by atoms with Gasteiger partial charge >= 0.3 is 5.97 Å². The average Bonchev–Trinajstić information content (AvgIpc) is 2.73. The molecular weight excluding hydrogens is 366 g/mol. The van der Waals surface area contributed by atoms with Crippen molar-refractivity contribution < 1.29 is 33.3 Å². The Labute approximate surface area is 162 Å². The molecule has 2 aromatic rings. The van der Waals surface area contributed by atoms with Gasteiger partial charge in [-0.15, -0.1) is 0 Å². The van der Waals surface area contributed by atoms with Crippen LogP contribution >= 0.6 is 0 Å². The van der Waals surface area contributed by atoms with Gasteiger partial charge in [-0.1, -0.05) is 0 Å². The van der Waals surface area contributed by atoms with Crippen LogP contribution in [0, 0.1) is 0 Å². The highest BCUT2D eigenvalue weighted by atomic mass is 16.6. The van der Waals surface area contributed by atoms with Crippen molar-refractivity contribution in [3.63, 3.8) is 0 Å². The highest BCUT2D eigenvalue weighted by molar-refractivity contribution is 5.97. The quantitative estimate of drug-likeness (QED) is 0.762. The number of nitrogens with one attached hydrogen (secondary N) is 1. The second kappa shape index (κ2) is 8.51. The molecule has 148 valence electrons. The number of hydrogen-bond acceptors (Lipinski definition) is 7. The Kier molecular flexibility index (Phi) is 5.88. The van der Waals surface area contributed by atoms with Crippen LogP contribution in [0.25, 0.3) is 0 Å². The molecule has 28 heavy (non-hydrogen) atoms. The molecule has 0 saturated carbocycles. The van der Waals surface area contributed by atoms with E-state index in [0.717, 1.165) is 0 Å². The van der Waals surface area contributed by atoms with Crippen molar-refractivity contribution >= 4 is 17.6 Å². The van der Waals surface area contributed by atoms with Crippen molar-refractivity contribution in [2.45, 2.75) is 13.0 Å². The van der Waals surface area contributed by atoms with Crippen LogP contribution in [-0.4, -0.2) is 45.4 Å². The van der Waals surface area contributed by atoms with Crippen LogP contribution in [0.15, 0.2) is 36.4 Å². The summed E-state index contributed by atoms with van der Waals surface area (Å²) in [5.41, 5.74) is 0.764. The van der Waals surface area contributed by atoms with Gasteiger partial charge in [0.05, 0.1) is 19.8 Å². The zero-order valence-electron chi connectivity index (χ0n) is 15.8. The summed E-state index contributed by atoms with van der Waals surface area (Å²) in [6, 6.07) is 9.81. The van der Waals surface area contributed by atoms with E-state index in [2.05, 4.69) is 5.32 Å². The Bertz CT molecular complexity index is 846. The number of anilines is 1. The van der Waals surface area contributed by atoms with E-state index in [0.29, 0.717) is 41.9 Å². The van der Waals surface area contributed by atoms with E-state index in [1.807, 2.05) is 0 Å². The Balaban J connectivity index is 1.67. The van der Waals surface area contributed by atoms with Crippen molar-refractivity contribution in [2.24, 2.45) is 0 Å². The number of amides is 1. The highest BCUT2D eigenvalue weighted by Gasteiger charge is 2.24. The van der Waals surface area contributed by atoms with Gasteiger partial charge in [-0.05, 0) is 43.3 Å². The summed E-state index contributed by atoms with van der Waals surface area (Å²) in [6.07, 6.45) is -1.01. The first-order valence-corrected chi connectivity index (χ1v) is 8.65. The second-order valence-electron chi connectivity index (χ2n) is 5.97. The molecule has 8 heteroatoms. The normalized spacial score (nSPS) is 13.2. The van der Waals surface area contributed by atoms with E-state index < -0.39 is 18.0 Å². The zero-order valence-corrected chi connectivity index (χ0v) is 15.8. The van der Waals surface area contributed by atoms with Gasteiger partial charge in [0.15, 0.2) is 17.6 Å².